The number of aromatic nitrogens is 2. The minimum Gasteiger partial charge on any atom is -0.457 e. The highest BCUT2D eigenvalue weighted by Gasteiger charge is 2.10. The Balaban J connectivity index is 1.71. The van der Waals surface area contributed by atoms with Gasteiger partial charge in [0, 0.05) is 17.7 Å². The number of nitrogens with zero attached hydrogens (tertiary/aromatic N) is 3. The van der Waals surface area contributed by atoms with Crippen molar-refractivity contribution in [2.45, 2.75) is 26.3 Å². The maximum absolute atomic E-state index is 8.99. The van der Waals surface area contributed by atoms with Gasteiger partial charge < -0.3 is 9.64 Å². The van der Waals surface area contributed by atoms with Crippen molar-refractivity contribution in [3.63, 3.8) is 0 Å². The Morgan fingerprint density at radius 3 is 2.70 bits per heavy atom. The molecule has 3 aromatic rings. The van der Waals surface area contributed by atoms with Crippen molar-refractivity contribution in [3.8, 4) is 28.8 Å². The largest absolute Gasteiger partial charge is 0.457 e. The van der Waals surface area contributed by atoms with Crippen molar-refractivity contribution >= 4 is 0 Å². The Hall–Kier alpha value is -3.10. The number of hydrogen-bond donors (Lipinski definition) is 1. The first-order chi connectivity index (χ1) is 13.2. The molecule has 1 heterocycles. The summed E-state index contributed by atoms with van der Waals surface area (Å²) in [6.07, 6.45) is 4.29. The van der Waals surface area contributed by atoms with E-state index >= 15 is 0 Å². The summed E-state index contributed by atoms with van der Waals surface area (Å²) in [5.74, 6) is 1.39. The molecule has 3 rings (SSSR count). The maximum Gasteiger partial charge on any atom is 0.128 e. The summed E-state index contributed by atoms with van der Waals surface area (Å²) in [5.41, 5.74) is 3.88. The van der Waals surface area contributed by atoms with E-state index in [4.69, 9.17) is 10.00 Å². The van der Waals surface area contributed by atoms with Crippen LogP contribution in [0.25, 0.3) is 11.3 Å². The van der Waals surface area contributed by atoms with Crippen LogP contribution in [0.5, 0.6) is 11.5 Å². The molecule has 0 radical (unpaired) electrons. The van der Waals surface area contributed by atoms with Gasteiger partial charge in [-0.15, -0.1) is 0 Å². The number of unbranched alkanes of at least 4 members (excludes halogenated alkanes) is 1. The topological polar surface area (TPSA) is 64.9 Å². The second kappa shape index (κ2) is 9.02. The molecule has 0 saturated carbocycles. The number of nitrogens with one attached hydrogen (secondary N) is 1. The molecule has 0 aliphatic carbocycles. The van der Waals surface area contributed by atoms with Gasteiger partial charge in [0.15, 0.2) is 0 Å². The molecule has 2 aromatic carbocycles. The van der Waals surface area contributed by atoms with Crippen molar-refractivity contribution in [1.82, 2.24) is 15.1 Å². The summed E-state index contributed by atoms with van der Waals surface area (Å²) in [5, 5.41) is 16.3. The molecular formula is C22H24N4O. The molecular weight excluding hydrogens is 336 g/mol. The zero-order valence-corrected chi connectivity index (χ0v) is 15.8. The Kier molecular flexibility index (Phi) is 6.24. The molecule has 5 nitrogen and oxygen atoms in total. The molecule has 0 aliphatic heterocycles. The van der Waals surface area contributed by atoms with Gasteiger partial charge in [-0.2, -0.15) is 10.4 Å². The first-order valence-electron chi connectivity index (χ1n) is 9.19. The van der Waals surface area contributed by atoms with Crippen LogP contribution in [-0.4, -0.2) is 28.7 Å². The van der Waals surface area contributed by atoms with Crippen LogP contribution >= 0.6 is 0 Å². The Labute approximate surface area is 160 Å². The predicted molar refractivity (Wildman–Crippen MR) is 106 cm³/mol. The van der Waals surface area contributed by atoms with E-state index in [-0.39, 0.29) is 0 Å². The van der Waals surface area contributed by atoms with Gasteiger partial charge >= 0.3 is 0 Å². The van der Waals surface area contributed by atoms with Crippen LogP contribution in [-0.2, 0) is 6.54 Å². The fourth-order valence-corrected chi connectivity index (χ4v) is 2.93. The lowest BCUT2D eigenvalue weighted by molar-refractivity contribution is 0.321. The minimum absolute atomic E-state index is 0.582. The van der Waals surface area contributed by atoms with E-state index in [1.54, 1.807) is 12.1 Å². The number of ether oxygens (including phenoxy) is 1. The van der Waals surface area contributed by atoms with Crippen LogP contribution in [0.3, 0.4) is 0 Å². The number of nitriles is 1. The van der Waals surface area contributed by atoms with Crippen molar-refractivity contribution in [2.24, 2.45) is 0 Å². The molecule has 0 atom stereocenters. The fraction of sp³-hybridized carbons (Fsp3) is 0.273. The standard InChI is InChI=1S/C22H24N4O/c1-3-4-12-26(2)16-19-15-24-25-22(19)18-8-10-20(11-9-18)27-21-7-5-6-17(13-21)14-23/h5-11,13,15H,3-4,12,16H2,1-2H3,(H,24,25). The van der Waals surface area contributed by atoms with E-state index in [1.165, 1.54) is 18.4 Å². The van der Waals surface area contributed by atoms with Crippen LogP contribution in [0.15, 0.2) is 54.7 Å². The second-order valence-electron chi connectivity index (χ2n) is 6.63. The SMILES string of the molecule is CCCCN(C)Cc1cn[nH]c1-c1ccc(Oc2cccc(C#N)c2)cc1. The zero-order chi connectivity index (χ0) is 19.1. The van der Waals surface area contributed by atoms with Crippen molar-refractivity contribution in [2.75, 3.05) is 13.6 Å². The van der Waals surface area contributed by atoms with Crippen molar-refractivity contribution in [3.05, 3.63) is 65.9 Å². The van der Waals surface area contributed by atoms with Gasteiger partial charge in [0.1, 0.15) is 11.5 Å². The van der Waals surface area contributed by atoms with E-state index in [9.17, 15) is 0 Å². The summed E-state index contributed by atoms with van der Waals surface area (Å²) >= 11 is 0. The monoisotopic (exact) mass is 360 g/mol. The van der Waals surface area contributed by atoms with E-state index in [2.05, 4.69) is 35.1 Å². The molecule has 27 heavy (non-hydrogen) atoms. The summed E-state index contributed by atoms with van der Waals surface area (Å²) in [6, 6.07) is 17.2. The van der Waals surface area contributed by atoms with E-state index in [0.717, 1.165) is 30.1 Å². The normalized spacial score (nSPS) is 10.7. The van der Waals surface area contributed by atoms with Gasteiger partial charge in [-0.05, 0) is 62.5 Å². The highest BCUT2D eigenvalue weighted by Crippen LogP contribution is 2.27. The number of aromatic amines is 1. The summed E-state index contributed by atoms with van der Waals surface area (Å²) < 4.78 is 5.85. The fourth-order valence-electron chi connectivity index (χ4n) is 2.93. The quantitative estimate of drug-likeness (QED) is 0.616. The number of hydrogen-bond acceptors (Lipinski definition) is 4. The number of H-pyrrole nitrogens is 1. The molecule has 1 N–H and O–H groups in total. The van der Waals surface area contributed by atoms with Crippen LogP contribution in [0, 0.1) is 11.3 Å². The first-order valence-corrected chi connectivity index (χ1v) is 9.19. The summed E-state index contributed by atoms with van der Waals surface area (Å²) in [4.78, 5) is 2.32. The van der Waals surface area contributed by atoms with Crippen molar-refractivity contribution < 1.29 is 4.74 Å². The van der Waals surface area contributed by atoms with Gasteiger partial charge in [-0.3, -0.25) is 5.10 Å². The molecule has 0 saturated heterocycles. The highest BCUT2D eigenvalue weighted by atomic mass is 16.5. The number of benzene rings is 2. The smallest absolute Gasteiger partial charge is 0.128 e. The van der Waals surface area contributed by atoms with Crippen molar-refractivity contribution in [1.29, 1.82) is 5.26 Å². The van der Waals surface area contributed by atoms with E-state index in [0.29, 0.717) is 11.3 Å². The summed E-state index contributed by atoms with van der Waals surface area (Å²) in [6.45, 7) is 4.15. The summed E-state index contributed by atoms with van der Waals surface area (Å²) in [7, 11) is 2.14. The molecule has 1 aromatic heterocycles. The molecule has 0 amide bonds. The van der Waals surface area contributed by atoms with Gasteiger partial charge in [0.05, 0.1) is 23.5 Å². The Bertz CT molecular complexity index is 909. The van der Waals surface area contributed by atoms with Gasteiger partial charge in [0.2, 0.25) is 0 Å². The van der Waals surface area contributed by atoms with Gasteiger partial charge in [-0.25, -0.2) is 0 Å². The molecule has 0 fully saturated rings. The first kappa shape index (κ1) is 18.7. The average molecular weight is 360 g/mol. The minimum atomic E-state index is 0.582. The molecule has 0 bridgehead atoms. The third kappa shape index (κ3) is 4.96. The number of rotatable bonds is 8. The highest BCUT2D eigenvalue weighted by molar-refractivity contribution is 5.63. The maximum atomic E-state index is 8.99. The molecule has 0 unspecified atom stereocenters. The Morgan fingerprint density at radius 2 is 1.96 bits per heavy atom. The lowest BCUT2D eigenvalue weighted by atomic mass is 10.1. The lowest BCUT2D eigenvalue weighted by Gasteiger charge is -2.16. The van der Waals surface area contributed by atoms with E-state index < -0.39 is 0 Å². The molecule has 0 spiro atoms. The third-order valence-electron chi connectivity index (χ3n) is 4.39. The second-order valence-corrected chi connectivity index (χ2v) is 6.63. The van der Waals surface area contributed by atoms with Crippen LogP contribution in [0.2, 0.25) is 0 Å². The van der Waals surface area contributed by atoms with Crippen LogP contribution in [0.1, 0.15) is 30.9 Å². The average Bonchev–Trinajstić information content (AvgIpc) is 3.15. The third-order valence-corrected chi connectivity index (χ3v) is 4.39. The predicted octanol–water partition coefficient (Wildman–Crippen LogP) is 4.97. The Morgan fingerprint density at radius 1 is 1.15 bits per heavy atom. The molecule has 138 valence electrons. The zero-order valence-electron chi connectivity index (χ0n) is 15.8. The molecule has 5 heteroatoms. The lowest BCUT2D eigenvalue weighted by Crippen LogP contribution is -2.19. The van der Waals surface area contributed by atoms with E-state index in [1.807, 2.05) is 42.6 Å². The van der Waals surface area contributed by atoms with Gasteiger partial charge in [-0.1, -0.05) is 19.4 Å². The molecule has 0 aliphatic rings. The van der Waals surface area contributed by atoms with Gasteiger partial charge in [0.25, 0.3) is 0 Å². The van der Waals surface area contributed by atoms with Crippen LogP contribution in [0.4, 0.5) is 0 Å². The van der Waals surface area contributed by atoms with Crippen LogP contribution < -0.4 is 4.74 Å².